The average Bonchev–Trinajstić information content (AvgIpc) is 2.52. The highest BCUT2D eigenvalue weighted by Crippen LogP contribution is 2.26. The van der Waals surface area contributed by atoms with Gasteiger partial charge in [-0.15, -0.1) is 0 Å². The van der Waals surface area contributed by atoms with Crippen molar-refractivity contribution in [3.8, 4) is 5.75 Å². The van der Waals surface area contributed by atoms with E-state index >= 15 is 0 Å². The summed E-state index contributed by atoms with van der Waals surface area (Å²) >= 11 is 0. The standard InChI is InChI=1S/C18H18O4/c1-3-14-9-15(12(2)19)16(18(20)21)10-17(14)22-11-13-7-5-4-6-8-13/h4-10H,3,11H2,1-2H3,(H,20,21). The first-order valence-corrected chi connectivity index (χ1v) is 7.10. The van der Waals surface area contributed by atoms with Crippen LogP contribution in [0.2, 0.25) is 0 Å². The summed E-state index contributed by atoms with van der Waals surface area (Å²) in [5.74, 6) is -0.882. The van der Waals surface area contributed by atoms with Gasteiger partial charge in [-0.2, -0.15) is 0 Å². The Morgan fingerprint density at radius 2 is 1.77 bits per heavy atom. The lowest BCUT2D eigenvalue weighted by Gasteiger charge is -2.14. The summed E-state index contributed by atoms with van der Waals surface area (Å²) in [5.41, 5.74) is 2.02. The summed E-state index contributed by atoms with van der Waals surface area (Å²) in [5, 5.41) is 9.28. The van der Waals surface area contributed by atoms with E-state index in [1.807, 2.05) is 37.3 Å². The first-order valence-electron chi connectivity index (χ1n) is 7.10. The molecule has 22 heavy (non-hydrogen) atoms. The molecule has 114 valence electrons. The van der Waals surface area contributed by atoms with Crippen LogP contribution in [-0.4, -0.2) is 16.9 Å². The second-order valence-electron chi connectivity index (χ2n) is 4.99. The molecular weight excluding hydrogens is 280 g/mol. The van der Waals surface area contributed by atoms with Crippen molar-refractivity contribution in [2.45, 2.75) is 26.9 Å². The molecule has 2 rings (SSSR count). The number of aromatic carboxylic acids is 1. The number of hydrogen-bond donors (Lipinski definition) is 1. The number of carbonyl (C=O) groups excluding carboxylic acids is 1. The number of ether oxygens (including phenoxy) is 1. The molecule has 0 saturated heterocycles. The van der Waals surface area contributed by atoms with Crippen molar-refractivity contribution in [3.05, 3.63) is 64.7 Å². The van der Waals surface area contributed by atoms with Gasteiger partial charge in [0.25, 0.3) is 0 Å². The van der Waals surface area contributed by atoms with Crippen LogP contribution in [0, 0.1) is 0 Å². The Morgan fingerprint density at radius 3 is 2.32 bits per heavy atom. The number of benzene rings is 2. The maximum Gasteiger partial charge on any atom is 0.336 e. The van der Waals surface area contributed by atoms with E-state index in [0.717, 1.165) is 11.1 Å². The molecule has 0 saturated carbocycles. The van der Waals surface area contributed by atoms with Gasteiger partial charge in [0.1, 0.15) is 12.4 Å². The maximum atomic E-state index is 11.6. The molecule has 0 atom stereocenters. The minimum absolute atomic E-state index is 0.0206. The summed E-state index contributed by atoms with van der Waals surface area (Å²) in [6.45, 7) is 3.66. The van der Waals surface area contributed by atoms with Gasteiger partial charge in [0.05, 0.1) is 5.56 Å². The highest BCUT2D eigenvalue weighted by molar-refractivity contribution is 6.05. The summed E-state index contributed by atoms with van der Waals surface area (Å²) in [4.78, 5) is 23.0. The number of carbonyl (C=O) groups is 2. The Kier molecular flexibility index (Phi) is 4.94. The quantitative estimate of drug-likeness (QED) is 0.825. The van der Waals surface area contributed by atoms with Crippen LogP contribution in [0.15, 0.2) is 42.5 Å². The molecule has 0 aliphatic carbocycles. The second kappa shape index (κ2) is 6.89. The van der Waals surface area contributed by atoms with Gasteiger partial charge in [-0.05, 0) is 36.6 Å². The minimum Gasteiger partial charge on any atom is -0.489 e. The van der Waals surface area contributed by atoms with Crippen molar-refractivity contribution in [1.82, 2.24) is 0 Å². The summed E-state index contributed by atoms with van der Waals surface area (Å²) < 4.78 is 5.77. The molecule has 0 aliphatic rings. The molecule has 0 radical (unpaired) electrons. The van der Waals surface area contributed by atoms with Crippen molar-refractivity contribution in [1.29, 1.82) is 0 Å². The van der Waals surface area contributed by atoms with Crippen molar-refractivity contribution in [2.75, 3.05) is 0 Å². The van der Waals surface area contributed by atoms with Gasteiger partial charge < -0.3 is 9.84 Å². The smallest absolute Gasteiger partial charge is 0.336 e. The third-order valence-corrected chi connectivity index (χ3v) is 3.43. The van der Waals surface area contributed by atoms with Crippen LogP contribution < -0.4 is 4.74 Å². The maximum absolute atomic E-state index is 11.6. The van der Waals surface area contributed by atoms with Gasteiger partial charge in [-0.25, -0.2) is 4.79 Å². The van der Waals surface area contributed by atoms with Gasteiger partial charge in [0, 0.05) is 5.56 Å². The van der Waals surface area contributed by atoms with Crippen molar-refractivity contribution in [2.24, 2.45) is 0 Å². The summed E-state index contributed by atoms with van der Waals surface area (Å²) in [6.07, 6.45) is 0.657. The van der Waals surface area contributed by atoms with E-state index in [2.05, 4.69) is 0 Å². The van der Waals surface area contributed by atoms with Crippen molar-refractivity contribution in [3.63, 3.8) is 0 Å². The zero-order valence-electron chi connectivity index (χ0n) is 12.6. The third kappa shape index (κ3) is 3.52. The number of ketones is 1. The molecule has 4 nitrogen and oxygen atoms in total. The molecule has 0 spiro atoms. The first kappa shape index (κ1) is 15.8. The van der Waals surface area contributed by atoms with Gasteiger partial charge in [0.2, 0.25) is 0 Å². The highest BCUT2D eigenvalue weighted by Gasteiger charge is 2.18. The molecule has 0 bridgehead atoms. The molecule has 0 amide bonds. The second-order valence-corrected chi connectivity index (χ2v) is 4.99. The van der Waals surface area contributed by atoms with E-state index in [0.29, 0.717) is 18.8 Å². The lowest BCUT2D eigenvalue weighted by Crippen LogP contribution is -2.09. The third-order valence-electron chi connectivity index (χ3n) is 3.43. The van der Waals surface area contributed by atoms with Crippen LogP contribution in [0.5, 0.6) is 5.75 Å². The van der Waals surface area contributed by atoms with Gasteiger partial charge in [-0.1, -0.05) is 37.3 Å². The van der Waals surface area contributed by atoms with E-state index in [4.69, 9.17) is 4.74 Å². The number of carboxylic acid groups (broad SMARTS) is 1. The molecule has 0 aromatic heterocycles. The lowest BCUT2D eigenvalue weighted by molar-refractivity contribution is 0.0691. The number of carboxylic acids is 1. The molecule has 1 N–H and O–H groups in total. The van der Waals surface area contributed by atoms with Crippen molar-refractivity contribution >= 4 is 11.8 Å². The van der Waals surface area contributed by atoms with Crippen LogP contribution in [0.3, 0.4) is 0 Å². The van der Waals surface area contributed by atoms with E-state index in [9.17, 15) is 14.7 Å². The number of rotatable bonds is 6. The fourth-order valence-corrected chi connectivity index (χ4v) is 2.24. The predicted octanol–water partition coefficient (Wildman–Crippen LogP) is 3.73. The Morgan fingerprint density at radius 1 is 1.09 bits per heavy atom. The zero-order valence-corrected chi connectivity index (χ0v) is 12.6. The Labute approximate surface area is 129 Å². The van der Waals surface area contributed by atoms with Crippen LogP contribution in [0.25, 0.3) is 0 Å². The Hall–Kier alpha value is -2.62. The summed E-state index contributed by atoms with van der Waals surface area (Å²) in [6, 6.07) is 12.7. The lowest BCUT2D eigenvalue weighted by atomic mass is 9.99. The Bertz CT molecular complexity index is 690. The predicted molar refractivity (Wildman–Crippen MR) is 83.6 cm³/mol. The number of aryl methyl sites for hydroxylation is 1. The molecule has 2 aromatic rings. The molecule has 0 heterocycles. The SMILES string of the molecule is CCc1cc(C(C)=O)c(C(=O)O)cc1OCc1ccccc1. The molecule has 0 aliphatic heterocycles. The topological polar surface area (TPSA) is 63.6 Å². The Balaban J connectivity index is 2.35. The average molecular weight is 298 g/mol. The van der Waals surface area contributed by atoms with Crippen LogP contribution in [-0.2, 0) is 13.0 Å². The van der Waals surface area contributed by atoms with Crippen LogP contribution >= 0.6 is 0 Å². The monoisotopic (exact) mass is 298 g/mol. The van der Waals surface area contributed by atoms with Gasteiger partial charge in [0.15, 0.2) is 5.78 Å². The molecule has 4 heteroatoms. The van der Waals surface area contributed by atoms with Crippen LogP contribution in [0.1, 0.15) is 45.7 Å². The summed E-state index contributed by atoms with van der Waals surface area (Å²) in [7, 11) is 0. The van der Waals surface area contributed by atoms with Crippen LogP contribution in [0.4, 0.5) is 0 Å². The van der Waals surface area contributed by atoms with E-state index in [-0.39, 0.29) is 16.9 Å². The van der Waals surface area contributed by atoms with Gasteiger partial charge in [-0.3, -0.25) is 4.79 Å². The minimum atomic E-state index is -1.13. The van der Waals surface area contributed by atoms with Gasteiger partial charge >= 0.3 is 5.97 Å². The molecule has 2 aromatic carbocycles. The normalized spacial score (nSPS) is 10.3. The van der Waals surface area contributed by atoms with Crippen molar-refractivity contribution < 1.29 is 19.4 Å². The highest BCUT2D eigenvalue weighted by atomic mass is 16.5. The number of hydrogen-bond acceptors (Lipinski definition) is 3. The molecule has 0 unspecified atom stereocenters. The van der Waals surface area contributed by atoms with E-state index in [1.165, 1.54) is 13.0 Å². The molecule has 0 fully saturated rings. The number of Topliss-reactive ketones (excluding diaryl/α,β-unsaturated/α-hetero) is 1. The fourth-order valence-electron chi connectivity index (χ4n) is 2.24. The molecular formula is C18H18O4. The largest absolute Gasteiger partial charge is 0.489 e. The first-order chi connectivity index (χ1) is 10.5. The van der Waals surface area contributed by atoms with E-state index < -0.39 is 5.97 Å². The fraction of sp³-hybridized carbons (Fsp3) is 0.222. The zero-order chi connectivity index (χ0) is 16.1. The van der Waals surface area contributed by atoms with E-state index in [1.54, 1.807) is 6.07 Å².